The molecule has 1 aromatic rings. The number of amides is 1. The Hall–Kier alpha value is -1.68. The van der Waals surface area contributed by atoms with Gasteiger partial charge in [-0.3, -0.25) is 0 Å². The molecule has 0 saturated carbocycles. The molecular weight excluding hydrogens is 278 g/mol. The molecular formula is C15H20ClNO3. The van der Waals surface area contributed by atoms with Gasteiger partial charge in [0.05, 0.1) is 5.02 Å². The minimum absolute atomic E-state index is 0.0652. The number of hydrogen-bond acceptors (Lipinski definition) is 3. The highest BCUT2D eigenvalue weighted by molar-refractivity contribution is 6.32. The van der Waals surface area contributed by atoms with Gasteiger partial charge >= 0.3 is 6.09 Å². The Bertz CT molecular complexity index is 492. The zero-order valence-corrected chi connectivity index (χ0v) is 12.7. The average molecular weight is 298 g/mol. The first-order valence-electron chi connectivity index (χ1n) is 6.40. The van der Waals surface area contributed by atoms with Crippen LogP contribution in [0.15, 0.2) is 24.3 Å². The minimum atomic E-state index is -0.483. The number of carbonyl (C=O) groups excluding carboxylic acids is 1. The van der Waals surface area contributed by atoms with Crippen molar-refractivity contribution in [3.63, 3.8) is 0 Å². The summed E-state index contributed by atoms with van der Waals surface area (Å²) in [6.45, 7) is 5.96. The van der Waals surface area contributed by atoms with Crippen molar-refractivity contribution in [1.82, 2.24) is 5.32 Å². The SMILES string of the molecule is CC(C)(C)OC(=O)NCCC=Cc1ccc(O)c(Cl)c1. The third kappa shape index (κ3) is 6.48. The van der Waals surface area contributed by atoms with E-state index >= 15 is 0 Å². The fourth-order valence-corrected chi connectivity index (χ4v) is 1.61. The molecule has 0 aliphatic carbocycles. The van der Waals surface area contributed by atoms with Crippen LogP contribution in [0.2, 0.25) is 5.02 Å². The molecule has 0 saturated heterocycles. The lowest BCUT2D eigenvalue weighted by molar-refractivity contribution is 0.0529. The molecule has 5 heteroatoms. The first-order chi connectivity index (χ1) is 9.28. The van der Waals surface area contributed by atoms with E-state index in [0.717, 1.165) is 5.56 Å². The van der Waals surface area contributed by atoms with Crippen molar-refractivity contribution < 1.29 is 14.6 Å². The van der Waals surface area contributed by atoms with Crippen molar-refractivity contribution in [2.24, 2.45) is 0 Å². The van der Waals surface area contributed by atoms with Gasteiger partial charge in [0.1, 0.15) is 11.4 Å². The molecule has 20 heavy (non-hydrogen) atoms. The van der Waals surface area contributed by atoms with Gasteiger partial charge in [-0.25, -0.2) is 4.79 Å². The number of aromatic hydroxyl groups is 1. The summed E-state index contributed by atoms with van der Waals surface area (Å²) in [5, 5.41) is 12.3. The third-order valence-corrected chi connectivity index (χ3v) is 2.56. The number of ether oxygens (including phenoxy) is 1. The van der Waals surface area contributed by atoms with E-state index in [1.165, 1.54) is 0 Å². The zero-order chi connectivity index (χ0) is 15.2. The van der Waals surface area contributed by atoms with Gasteiger partial charge in [-0.05, 0) is 44.9 Å². The van der Waals surface area contributed by atoms with Gasteiger partial charge in [0.25, 0.3) is 0 Å². The molecule has 1 aromatic carbocycles. The second-order valence-corrected chi connectivity index (χ2v) is 5.74. The number of halogens is 1. The van der Waals surface area contributed by atoms with Crippen LogP contribution in [0.3, 0.4) is 0 Å². The number of carbonyl (C=O) groups is 1. The smallest absolute Gasteiger partial charge is 0.407 e. The molecule has 4 nitrogen and oxygen atoms in total. The number of hydrogen-bond donors (Lipinski definition) is 2. The lowest BCUT2D eigenvalue weighted by Gasteiger charge is -2.19. The maximum Gasteiger partial charge on any atom is 0.407 e. The Morgan fingerprint density at radius 3 is 2.75 bits per heavy atom. The van der Waals surface area contributed by atoms with Gasteiger partial charge in [0.2, 0.25) is 0 Å². The second-order valence-electron chi connectivity index (χ2n) is 5.33. The first-order valence-corrected chi connectivity index (χ1v) is 6.77. The van der Waals surface area contributed by atoms with Gasteiger partial charge in [0.15, 0.2) is 0 Å². The summed E-state index contributed by atoms with van der Waals surface area (Å²) in [5.41, 5.74) is 0.410. The van der Waals surface area contributed by atoms with Gasteiger partial charge in [-0.15, -0.1) is 0 Å². The molecule has 110 valence electrons. The van der Waals surface area contributed by atoms with E-state index in [0.29, 0.717) is 18.0 Å². The minimum Gasteiger partial charge on any atom is -0.506 e. The molecule has 0 aromatic heterocycles. The zero-order valence-electron chi connectivity index (χ0n) is 11.9. The number of alkyl carbamates (subject to hydrolysis) is 1. The number of nitrogens with one attached hydrogen (secondary N) is 1. The Kier molecular flexibility index (Phi) is 5.89. The predicted molar refractivity (Wildman–Crippen MR) is 81.0 cm³/mol. The van der Waals surface area contributed by atoms with Crippen LogP contribution in [0.25, 0.3) is 6.08 Å². The van der Waals surface area contributed by atoms with Crippen molar-refractivity contribution in [3.8, 4) is 5.75 Å². The Morgan fingerprint density at radius 2 is 2.15 bits per heavy atom. The van der Waals surface area contributed by atoms with E-state index < -0.39 is 11.7 Å². The van der Waals surface area contributed by atoms with Crippen LogP contribution in [0, 0.1) is 0 Å². The Labute approximate surface area is 124 Å². The second kappa shape index (κ2) is 7.20. The van der Waals surface area contributed by atoms with E-state index in [1.807, 2.05) is 32.9 Å². The van der Waals surface area contributed by atoms with E-state index in [1.54, 1.807) is 18.2 Å². The summed E-state index contributed by atoms with van der Waals surface area (Å²) < 4.78 is 5.11. The van der Waals surface area contributed by atoms with E-state index in [4.69, 9.17) is 16.3 Å². The molecule has 0 heterocycles. The Morgan fingerprint density at radius 1 is 1.45 bits per heavy atom. The lowest BCUT2D eigenvalue weighted by Crippen LogP contribution is -2.32. The number of phenolic OH excluding ortho intramolecular Hbond substituents is 1. The molecule has 0 fully saturated rings. The van der Waals surface area contributed by atoms with Crippen LogP contribution in [0.1, 0.15) is 32.8 Å². The molecule has 0 radical (unpaired) electrons. The van der Waals surface area contributed by atoms with Crippen molar-refractivity contribution in [3.05, 3.63) is 34.9 Å². The van der Waals surface area contributed by atoms with E-state index in [9.17, 15) is 9.90 Å². The van der Waals surface area contributed by atoms with Crippen LogP contribution in [0.5, 0.6) is 5.75 Å². The highest BCUT2D eigenvalue weighted by Gasteiger charge is 2.15. The number of phenols is 1. The molecule has 0 unspecified atom stereocenters. The lowest BCUT2D eigenvalue weighted by atomic mass is 10.2. The average Bonchev–Trinajstić information content (AvgIpc) is 2.31. The fraction of sp³-hybridized carbons (Fsp3) is 0.400. The monoisotopic (exact) mass is 297 g/mol. The molecule has 0 bridgehead atoms. The van der Waals surface area contributed by atoms with Gasteiger partial charge < -0.3 is 15.2 Å². The standard InChI is InChI=1S/C15H20ClNO3/c1-15(2,3)20-14(19)17-9-5-4-6-11-7-8-13(18)12(16)10-11/h4,6-8,10,18H,5,9H2,1-3H3,(H,17,19). The summed E-state index contributed by atoms with van der Waals surface area (Å²) >= 11 is 5.80. The quantitative estimate of drug-likeness (QED) is 0.827. The van der Waals surface area contributed by atoms with Crippen LogP contribution < -0.4 is 5.32 Å². The fourth-order valence-electron chi connectivity index (χ4n) is 1.42. The predicted octanol–water partition coefficient (Wildman–Crippen LogP) is 3.97. The van der Waals surface area contributed by atoms with Crippen LogP contribution in [-0.4, -0.2) is 23.3 Å². The highest BCUT2D eigenvalue weighted by Crippen LogP contribution is 2.24. The van der Waals surface area contributed by atoms with Gasteiger partial charge in [0, 0.05) is 6.54 Å². The van der Waals surface area contributed by atoms with Crippen molar-refractivity contribution >= 4 is 23.8 Å². The largest absolute Gasteiger partial charge is 0.506 e. The van der Waals surface area contributed by atoms with Gasteiger partial charge in [-0.2, -0.15) is 0 Å². The molecule has 2 N–H and O–H groups in total. The van der Waals surface area contributed by atoms with Crippen molar-refractivity contribution in [1.29, 1.82) is 0 Å². The van der Waals surface area contributed by atoms with E-state index in [-0.39, 0.29) is 5.75 Å². The third-order valence-electron chi connectivity index (χ3n) is 2.26. The van der Waals surface area contributed by atoms with E-state index in [2.05, 4.69) is 5.32 Å². The molecule has 0 spiro atoms. The van der Waals surface area contributed by atoms with Gasteiger partial charge in [-0.1, -0.05) is 29.8 Å². The van der Waals surface area contributed by atoms with Crippen LogP contribution in [0.4, 0.5) is 4.79 Å². The summed E-state index contributed by atoms with van der Waals surface area (Å²) in [7, 11) is 0. The summed E-state index contributed by atoms with van der Waals surface area (Å²) in [5.74, 6) is 0.0652. The molecule has 0 aliphatic heterocycles. The number of benzene rings is 1. The first kappa shape index (κ1) is 16.4. The molecule has 1 amide bonds. The van der Waals surface area contributed by atoms with Crippen LogP contribution >= 0.6 is 11.6 Å². The summed E-state index contributed by atoms with van der Waals surface area (Å²) in [6, 6.07) is 4.98. The Balaban J connectivity index is 2.32. The maximum atomic E-state index is 11.4. The van der Waals surface area contributed by atoms with Crippen molar-refractivity contribution in [2.45, 2.75) is 32.8 Å². The molecule has 1 rings (SSSR count). The number of rotatable bonds is 4. The van der Waals surface area contributed by atoms with Crippen molar-refractivity contribution in [2.75, 3.05) is 6.54 Å². The van der Waals surface area contributed by atoms with Crippen LogP contribution in [-0.2, 0) is 4.74 Å². The molecule has 0 aliphatic rings. The summed E-state index contributed by atoms with van der Waals surface area (Å²) in [6.07, 6.45) is 4.05. The molecule has 0 atom stereocenters. The topological polar surface area (TPSA) is 58.6 Å². The maximum absolute atomic E-state index is 11.4. The highest BCUT2D eigenvalue weighted by atomic mass is 35.5. The normalized spacial score (nSPS) is 11.6. The summed E-state index contributed by atoms with van der Waals surface area (Å²) in [4.78, 5) is 11.4.